The van der Waals surface area contributed by atoms with E-state index in [0.29, 0.717) is 5.82 Å². The summed E-state index contributed by atoms with van der Waals surface area (Å²) in [4.78, 5) is 10.5. The Labute approximate surface area is 297 Å². The lowest BCUT2D eigenvalue weighted by atomic mass is 9.94. The van der Waals surface area contributed by atoms with Crippen molar-refractivity contribution in [3.63, 3.8) is 0 Å². The fourth-order valence-corrected chi connectivity index (χ4v) is 9.35. The summed E-state index contributed by atoms with van der Waals surface area (Å²) < 4.78 is 5.14. The van der Waals surface area contributed by atoms with E-state index in [-0.39, 0.29) is 0 Å². The van der Waals surface area contributed by atoms with E-state index in [0.717, 1.165) is 39.2 Å². The van der Waals surface area contributed by atoms with Gasteiger partial charge < -0.3 is 0 Å². The molecule has 0 saturated heterocycles. The number of hydrogen-bond acceptors (Lipinski definition) is 4. The van der Waals surface area contributed by atoms with E-state index < -0.39 is 0 Å². The minimum atomic E-state index is 0.717. The predicted molar refractivity (Wildman–Crippen MR) is 215 cm³/mol. The third-order valence-corrected chi connectivity index (χ3v) is 11.9. The Kier molecular flexibility index (Phi) is 6.90. The molecular formula is C46H28N2S2. The van der Waals surface area contributed by atoms with Gasteiger partial charge in [-0.2, -0.15) is 0 Å². The molecule has 0 saturated carbocycles. The van der Waals surface area contributed by atoms with E-state index in [2.05, 4.69) is 164 Å². The molecule has 10 rings (SSSR count). The maximum Gasteiger partial charge on any atom is 0.160 e. The molecule has 0 radical (unpaired) electrons. The molecule has 0 aliphatic carbocycles. The van der Waals surface area contributed by atoms with E-state index in [1.165, 1.54) is 51.5 Å². The summed E-state index contributed by atoms with van der Waals surface area (Å²) in [5, 5.41) is 5.13. The van der Waals surface area contributed by atoms with Crippen LogP contribution in [0, 0.1) is 0 Å². The molecule has 0 unspecified atom stereocenters. The molecule has 0 bridgehead atoms. The number of thiophene rings is 2. The highest BCUT2D eigenvalue weighted by molar-refractivity contribution is 7.26. The Bertz CT molecular complexity index is 2870. The molecule has 0 spiro atoms. The van der Waals surface area contributed by atoms with Crippen molar-refractivity contribution >= 4 is 63.0 Å². The van der Waals surface area contributed by atoms with Crippen LogP contribution in [0.4, 0.5) is 0 Å². The van der Waals surface area contributed by atoms with Crippen LogP contribution in [-0.2, 0) is 0 Å². The topological polar surface area (TPSA) is 25.8 Å². The van der Waals surface area contributed by atoms with Crippen LogP contribution in [0.15, 0.2) is 170 Å². The van der Waals surface area contributed by atoms with Crippen molar-refractivity contribution in [3.05, 3.63) is 170 Å². The molecule has 234 valence electrons. The normalized spacial score (nSPS) is 11.6. The first kappa shape index (κ1) is 29.0. The molecule has 0 N–H and O–H groups in total. The standard InChI is InChI=1S/C46H28N2S2/c1-3-12-29(13-4-1)32-24-33(31-22-23-44-39(27-31)36-17-8-9-20-42(36)49-44)26-34(25-32)40-28-41(48-46(47-40)30-14-5-2-6-15-30)38-19-11-18-37-35-16-7-10-21-43(35)50-45(37)38/h1-28H. The van der Waals surface area contributed by atoms with Gasteiger partial charge in [-0.05, 0) is 70.8 Å². The summed E-state index contributed by atoms with van der Waals surface area (Å²) in [7, 11) is 0. The summed E-state index contributed by atoms with van der Waals surface area (Å²) in [6.07, 6.45) is 0. The second-order valence-corrected chi connectivity index (χ2v) is 14.7. The van der Waals surface area contributed by atoms with Crippen LogP contribution in [-0.4, -0.2) is 9.97 Å². The Hall–Kier alpha value is -5.94. The zero-order valence-electron chi connectivity index (χ0n) is 26.9. The van der Waals surface area contributed by atoms with Crippen LogP contribution in [0.1, 0.15) is 0 Å². The molecule has 0 amide bonds. The Balaban J connectivity index is 1.21. The van der Waals surface area contributed by atoms with Crippen LogP contribution in [0.5, 0.6) is 0 Å². The zero-order chi connectivity index (χ0) is 33.0. The Morgan fingerprint density at radius 1 is 0.320 bits per heavy atom. The number of fused-ring (bicyclic) bond motifs is 6. The van der Waals surface area contributed by atoms with Gasteiger partial charge in [-0.3, -0.25) is 0 Å². The number of aromatic nitrogens is 2. The van der Waals surface area contributed by atoms with E-state index in [9.17, 15) is 0 Å². The summed E-state index contributed by atoms with van der Waals surface area (Å²) >= 11 is 3.68. The van der Waals surface area contributed by atoms with Crippen molar-refractivity contribution in [3.8, 4) is 56.2 Å². The Morgan fingerprint density at radius 2 is 0.900 bits per heavy atom. The van der Waals surface area contributed by atoms with Crippen molar-refractivity contribution in [2.24, 2.45) is 0 Å². The molecule has 0 aliphatic rings. The lowest BCUT2D eigenvalue weighted by molar-refractivity contribution is 1.19. The van der Waals surface area contributed by atoms with E-state index in [4.69, 9.17) is 9.97 Å². The number of hydrogen-bond donors (Lipinski definition) is 0. The molecule has 2 nitrogen and oxygen atoms in total. The van der Waals surface area contributed by atoms with E-state index >= 15 is 0 Å². The van der Waals surface area contributed by atoms with Gasteiger partial charge in [0.1, 0.15) is 0 Å². The minimum Gasteiger partial charge on any atom is -0.228 e. The van der Waals surface area contributed by atoms with Crippen molar-refractivity contribution in [2.75, 3.05) is 0 Å². The largest absolute Gasteiger partial charge is 0.228 e. The lowest BCUT2D eigenvalue weighted by Crippen LogP contribution is -1.96. The molecular weight excluding hydrogens is 645 g/mol. The molecule has 3 heterocycles. The van der Waals surface area contributed by atoms with E-state index in [1.807, 2.05) is 28.7 Å². The highest BCUT2D eigenvalue weighted by Gasteiger charge is 2.17. The van der Waals surface area contributed by atoms with Crippen LogP contribution in [0.25, 0.3) is 96.5 Å². The fourth-order valence-electron chi connectivity index (χ4n) is 7.04. The van der Waals surface area contributed by atoms with Gasteiger partial charge in [-0.25, -0.2) is 9.97 Å². The first-order chi connectivity index (χ1) is 24.7. The summed E-state index contributed by atoms with van der Waals surface area (Å²) in [6, 6.07) is 60.8. The van der Waals surface area contributed by atoms with Gasteiger partial charge in [-0.15, -0.1) is 22.7 Å². The number of nitrogens with zero attached hydrogens (tertiary/aromatic N) is 2. The van der Waals surface area contributed by atoms with Crippen molar-refractivity contribution < 1.29 is 0 Å². The van der Waals surface area contributed by atoms with Crippen molar-refractivity contribution in [1.82, 2.24) is 9.97 Å². The molecule has 50 heavy (non-hydrogen) atoms. The quantitative estimate of drug-likeness (QED) is 0.182. The minimum absolute atomic E-state index is 0.717. The van der Waals surface area contributed by atoms with Gasteiger partial charge in [0, 0.05) is 57.0 Å². The lowest BCUT2D eigenvalue weighted by Gasteiger charge is -2.14. The zero-order valence-corrected chi connectivity index (χ0v) is 28.5. The molecule has 4 heteroatoms. The maximum absolute atomic E-state index is 5.27. The highest BCUT2D eigenvalue weighted by Crippen LogP contribution is 2.42. The monoisotopic (exact) mass is 672 g/mol. The first-order valence-electron chi connectivity index (χ1n) is 16.7. The fraction of sp³-hybridized carbons (Fsp3) is 0. The molecule has 0 aliphatic heterocycles. The maximum atomic E-state index is 5.27. The van der Waals surface area contributed by atoms with Crippen LogP contribution in [0.2, 0.25) is 0 Å². The average Bonchev–Trinajstić information content (AvgIpc) is 3.76. The second kappa shape index (κ2) is 11.9. The first-order valence-corrected chi connectivity index (χ1v) is 18.4. The molecule has 10 aromatic rings. The predicted octanol–water partition coefficient (Wildman–Crippen LogP) is 13.5. The SMILES string of the molecule is c1ccc(-c2cc(-c3ccc4sc5ccccc5c4c3)cc(-c3cc(-c4cccc5c4sc4ccccc45)nc(-c4ccccc4)n3)c2)cc1. The second-order valence-electron chi connectivity index (χ2n) is 12.6. The summed E-state index contributed by atoms with van der Waals surface area (Å²) in [5.74, 6) is 0.717. The number of benzene rings is 7. The van der Waals surface area contributed by atoms with Crippen LogP contribution < -0.4 is 0 Å². The van der Waals surface area contributed by atoms with Crippen LogP contribution >= 0.6 is 22.7 Å². The Morgan fingerprint density at radius 3 is 1.68 bits per heavy atom. The van der Waals surface area contributed by atoms with E-state index in [1.54, 1.807) is 0 Å². The van der Waals surface area contributed by atoms with Gasteiger partial charge in [0.25, 0.3) is 0 Å². The molecule has 3 aromatic heterocycles. The van der Waals surface area contributed by atoms with Gasteiger partial charge in [-0.1, -0.05) is 121 Å². The van der Waals surface area contributed by atoms with Crippen molar-refractivity contribution in [2.45, 2.75) is 0 Å². The van der Waals surface area contributed by atoms with Crippen LogP contribution in [0.3, 0.4) is 0 Å². The smallest absolute Gasteiger partial charge is 0.160 e. The number of rotatable bonds is 5. The third kappa shape index (κ3) is 5.00. The van der Waals surface area contributed by atoms with Gasteiger partial charge in [0.2, 0.25) is 0 Å². The van der Waals surface area contributed by atoms with Gasteiger partial charge in [0.05, 0.1) is 11.4 Å². The molecule has 0 atom stereocenters. The highest BCUT2D eigenvalue weighted by atomic mass is 32.1. The summed E-state index contributed by atoms with van der Waals surface area (Å²) in [6.45, 7) is 0. The average molecular weight is 673 g/mol. The van der Waals surface area contributed by atoms with Gasteiger partial charge in [0.15, 0.2) is 5.82 Å². The summed E-state index contributed by atoms with van der Waals surface area (Å²) in [5.41, 5.74) is 9.66. The third-order valence-electron chi connectivity index (χ3n) is 9.48. The molecule has 0 fully saturated rings. The van der Waals surface area contributed by atoms with Gasteiger partial charge >= 0.3 is 0 Å². The molecule has 7 aromatic carbocycles. The van der Waals surface area contributed by atoms with Crippen molar-refractivity contribution in [1.29, 1.82) is 0 Å².